The maximum Gasteiger partial charge on any atom is 0.271 e. The van der Waals surface area contributed by atoms with Gasteiger partial charge in [0.05, 0.1) is 16.3 Å². The number of anilines is 2. The van der Waals surface area contributed by atoms with E-state index >= 15 is 0 Å². The Morgan fingerprint density at radius 2 is 1.79 bits per heavy atom. The number of para-hydroxylation sites is 1. The van der Waals surface area contributed by atoms with Gasteiger partial charge in [0.25, 0.3) is 5.69 Å². The molecule has 0 saturated carbocycles. The van der Waals surface area contributed by atoms with Gasteiger partial charge in [-0.25, -0.2) is 4.68 Å². The van der Waals surface area contributed by atoms with Crippen LogP contribution in [0.1, 0.15) is 0 Å². The van der Waals surface area contributed by atoms with Gasteiger partial charge in [-0.2, -0.15) is 5.11 Å². The van der Waals surface area contributed by atoms with Gasteiger partial charge in [0, 0.05) is 12.1 Å². The van der Waals surface area contributed by atoms with Crippen molar-refractivity contribution in [3.05, 3.63) is 64.7 Å². The van der Waals surface area contributed by atoms with Crippen molar-refractivity contribution in [3.8, 4) is 5.69 Å². The van der Waals surface area contributed by atoms with Gasteiger partial charge in [0.15, 0.2) is 17.3 Å². The molecule has 0 aliphatic rings. The van der Waals surface area contributed by atoms with Crippen LogP contribution in [0.3, 0.4) is 0 Å². The first-order valence-corrected chi connectivity index (χ1v) is 6.92. The van der Waals surface area contributed by atoms with Crippen molar-refractivity contribution in [3.63, 3.8) is 0 Å². The molecule has 3 aromatic rings. The molecule has 120 valence electrons. The maximum atomic E-state index is 10.8. The summed E-state index contributed by atoms with van der Waals surface area (Å²) in [6.07, 6.45) is 0. The van der Waals surface area contributed by atoms with Crippen molar-refractivity contribution in [1.82, 2.24) is 9.78 Å². The topological polar surface area (TPSA) is 138 Å². The zero-order valence-electron chi connectivity index (χ0n) is 12.4. The average Bonchev–Trinajstić information content (AvgIpc) is 2.88. The number of nitrogens with zero attached hydrogens (tertiary/aromatic N) is 5. The van der Waals surface area contributed by atoms with Crippen LogP contribution in [0.5, 0.6) is 0 Å². The fourth-order valence-electron chi connectivity index (χ4n) is 2.09. The van der Waals surface area contributed by atoms with Gasteiger partial charge in [-0.1, -0.05) is 24.3 Å². The van der Waals surface area contributed by atoms with Crippen LogP contribution >= 0.6 is 0 Å². The summed E-state index contributed by atoms with van der Waals surface area (Å²) in [7, 11) is 0. The lowest BCUT2D eigenvalue weighted by Gasteiger charge is -2.02. The second kappa shape index (κ2) is 6.16. The first-order chi connectivity index (χ1) is 11.6. The van der Waals surface area contributed by atoms with E-state index in [4.69, 9.17) is 11.5 Å². The molecule has 0 amide bonds. The van der Waals surface area contributed by atoms with E-state index in [0.29, 0.717) is 5.69 Å². The van der Waals surface area contributed by atoms with Crippen LogP contribution in [-0.2, 0) is 0 Å². The number of hydrogen-bond donors (Lipinski definition) is 2. The minimum Gasteiger partial charge on any atom is -0.382 e. The Labute approximate surface area is 136 Å². The largest absolute Gasteiger partial charge is 0.382 e. The Balaban J connectivity index is 1.95. The average molecular weight is 323 g/mol. The lowest BCUT2D eigenvalue weighted by atomic mass is 10.3. The molecule has 0 saturated heterocycles. The van der Waals surface area contributed by atoms with Crippen LogP contribution in [0.15, 0.2) is 64.8 Å². The minimum absolute atomic E-state index is 0.0765. The fourth-order valence-corrected chi connectivity index (χ4v) is 2.09. The second-order valence-corrected chi connectivity index (χ2v) is 4.84. The summed E-state index contributed by atoms with van der Waals surface area (Å²) >= 11 is 0. The summed E-state index contributed by atoms with van der Waals surface area (Å²) in [6, 6.07) is 15.0. The quantitative estimate of drug-likeness (QED) is 0.430. The molecule has 1 heterocycles. The van der Waals surface area contributed by atoms with Crippen molar-refractivity contribution in [1.29, 1.82) is 0 Å². The van der Waals surface area contributed by atoms with Crippen LogP contribution < -0.4 is 11.5 Å². The van der Waals surface area contributed by atoms with Crippen molar-refractivity contribution in [2.24, 2.45) is 10.2 Å². The Morgan fingerprint density at radius 1 is 1.04 bits per heavy atom. The van der Waals surface area contributed by atoms with Crippen LogP contribution in [0.4, 0.5) is 28.7 Å². The third-order valence-corrected chi connectivity index (χ3v) is 3.23. The van der Waals surface area contributed by atoms with Gasteiger partial charge < -0.3 is 11.5 Å². The van der Waals surface area contributed by atoms with Gasteiger partial charge >= 0.3 is 0 Å². The number of rotatable bonds is 4. The van der Waals surface area contributed by atoms with Gasteiger partial charge in [-0.05, 0) is 18.2 Å². The molecule has 3 rings (SSSR count). The highest BCUT2D eigenvalue weighted by atomic mass is 16.6. The Hall–Kier alpha value is -3.75. The lowest BCUT2D eigenvalue weighted by Crippen LogP contribution is -2.01. The fraction of sp³-hybridized carbons (Fsp3) is 0. The standard InChI is InChI=1S/C15H13N7O2/c16-14-13(15(17)21(20-14)11-6-2-1-3-7-11)19-18-10-5-4-8-12(9-10)22(23)24/h1-9H,17H2,(H2,16,20). The first kappa shape index (κ1) is 15.2. The van der Waals surface area contributed by atoms with E-state index < -0.39 is 4.92 Å². The second-order valence-electron chi connectivity index (χ2n) is 4.84. The zero-order chi connectivity index (χ0) is 17.1. The molecular weight excluding hydrogens is 310 g/mol. The molecule has 0 aliphatic heterocycles. The molecule has 0 atom stereocenters. The molecule has 0 spiro atoms. The predicted octanol–water partition coefficient (Wildman–Crippen LogP) is 3.36. The highest BCUT2D eigenvalue weighted by Gasteiger charge is 2.14. The van der Waals surface area contributed by atoms with Gasteiger partial charge in [0.1, 0.15) is 0 Å². The molecular formula is C15H13N7O2. The Bertz CT molecular complexity index is 919. The first-order valence-electron chi connectivity index (χ1n) is 6.92. The SMILES string of the molecule is Nc1nn(-c2ccccc2)c(N)c1N=Nc1cccc([N+](=O)[O-])c1. The smallest absolute Gasteiger partial charge is 0.271 e. The van der Waals surface area contributed by atoms with E-state index in [9.17, 15) is 10.1 Å². The number of nitro groups is 1. The highest BCUT2D eigenvalue weighted by Crippen LogP contribution is 2.32. The number of hydrogen-bond acceptors (Lipinski definition) is 7. The number of benzene rings is 2. The molecule has 2 aromatic carbocycles. The minimum atomic E-state index is -0.505. The highest BCUT2D eigenvalue weighted by molar-refractivity contribution is 5.73. The molecule has 0 bridgehead atoms. The number of non-ortho nitro benzene ring substituents is 1. The molecule has 0 unspecified atom stereocenters. The summed E-state index contributed by atoms with van der Waals surface area (Å²) < 4.78 is 1.46. The van der Waals surface area contributed by atoms with E-state index in [0.717, 1.165) is 5.69 Å². The normalized spacial score (nSPS) is 11.0. The third kappa shape index (κ3) is 2.90. The molecule has 24 heavy (non-hydrogen) atoms. The summed E-state index contributed by atoms with van der Waals surface area (Å²) in [5.74, 6) is 0.346. The molecule has 0 aliphatic carbocycles. The van der Waals surface area contributed by atoms with E-state index in [2.05, 4.69) is 15.3 Å². The van der Waals surface area contributed by atoms with Crippen LogP contribution in [-0.4, -0.2) is 14.7 Å². The number of aromatic nitrogens is 2. The van der Waals surface area contributed by atoms with Gasteiger partial charge in [-0.3, -0.25) is 10.1 Å². The summed E-state index contributed by atoms with van der Waals surface area (Å²) in [5.41, 5.74) is 13.1. The molecule has 4 N–H and O–H groups in total. The number of nitro benzene ring substituents is 1. The summed E-state index contributed by atoms with van der Waals surface area (Å²) in [4.78, 5) is 10.3. The van der Waals surface area contributed by atoms with E-state index in [1.54, 1.807) is 6.07 Å². The molecule has 9 heteroatoms. The number of nitrogens with two attached hydrogens (primary N) is 2. The summed E-state index contributed by atoms with van der Waals surface area (Å²) in [5, 5.41) is 22.9. The van der Waals surface area contributed by atoms with Crippen LogP contribution in [0.2, 0.25) is 0 Å². The van der Waals surface area contributed by atoms with E-state index in [1.807, 2.05) is 30.3 Å². The third-order valence-electron chi connectivity index (χ3n) is 3.23. The summed E-state index contributed by atoms with van der Waals surface area (Å²) in [6.45, 7) is 0. The van der Waals surface area contributed by atoms with Crippen molar-refractivity contribution in [2.75, 3.05) is 11.5 Å². The van der Waals surface area contributed by atoms with Crippen LogP contribution in [0.25, 0.3) is 5.69 Å². The van der Waals surface area contributed by atoms with E-state index in [1.165, 1.54) is 22.9 Å². The van der Waals surface area contributed by atoms with Crippen molar-refractivity contribution in [2.45, 2.75) is 0 Å². The molecule has 0 radical (unpaired) electrons. The maximum absolute atomic E-state index is 10.8. The van der Waals surface area contributed by atoms with E-state index in [-0.39, 0.29) is 23.0 Å². The Kier molecular flexibility index (Phi) is 3.89. The Morgan fingerprint density at radius 3 is 2.50 bits per heavy atom. The van der Waals surface area contributed by atoms with Gasteiger partial charge in [0.2, 0.25) is 0 Å². The molecule has 9 nitrogen and oxygen atoms in total. The molecule has 0 fully saturated rings. The molecule has 1 aromatic heterocycles. The monoisotopic (exact) mass is 323 g/mol. The van der Waals surface area contributed by atoms with Gasteiger partial charge in [-0.15, -0.1) is 10.2 Å². The number of azo groups is 1. The van der Waals surface area contributed by atoms with Crippen molar-refractivity contribution < 1.29 is 4.92 Å². The van der Waals surface area contributed by atoms with Crippen LogP contribution in [0, 0.1) is 10.1 Å². The predicted molar refractivity (Wildman–Crippen MR) is 89.7 cm³/mol. The zero-order valence-corrected chi connectivity index (χ0v) is 12.4. The number of nitrogen functional groups attached to an aromatic ring is 2. The lowest BCUT2D eigenvalue weighted by molar-refractivity contribution is -0.384. The van der Waals surface area contributed by atoms with Crippen molar-refractivity contribution >= 4 is 28.7 Å².